The normalized spacial score (nSPS) is 10.1. The van der Waals surface area contributed by atoms with Crippen molar-refractivity contribution >= 4 is 34.7 Å². The maximum Gasteiger partial charge on any atom is 0.255 e. The summed E-state index contributed by atoms with van der Waals surface area (Å²) < 4.78 is 5.55. The molecular weight excluding hydrogens is 368 g/mol. The molecule has 0 saturated carbocycles. The number of nitrogens with zero attached hydrogens (tertiary/aromatic N) is 1. The maximum atomic E-state index is 12.7. The van der Waals surface area contributed by atoms with Crippen LogP contribution in [-0.2, 0) is 4.79 Å². The van der Waals surface area contributed by atoms with Crippen LogP contribution in [0.5, 0.6) is 5.75 Å². The van der Waals surface area contributed by atoms with Gasteiger partial charge in [-0.05, 0) is 49.4 Å². The third kappa shape index (κ3) is 5.55. The molecule has 7 nitrogen and oxygen atoms in total. The highest BCUT2D eigenvalue weighted by molar-refractivity contribution is 6.05. The van der Waals surface area contributed by atoms with Crippen LogP contribution in [0.4, 0.5) is 22.9 Å². The Labute approximate surface area is 169 Å². The maximum absolute atomic E-state index is 12.7. The Bertz CT molecular complexity index is 1020. The molecule has 0 bridgehead atoms. The minimum absolute atomic E-state index is 0.147. The lowest BCUT2D eigenvalue weighted by molar-refractivity contribution is -0.114. The SMILES string of the molecule is CCOc1ccccc1NC(=O)c1ccnc(Nc2cccc(NC(C)=O)c2)c1. The zero-order valence-corrected chi connectivity index (χ0v) is 16.2. The van der Waals surface area contributed by atoms with E-state index in [-0.39, 0.29) is 11.8 Å². The number of aromatic nitrogens is 1. The Morgan fingerprint density at radius 1 is 0.966 bits per heavy atom. The lowest BCUT2D eigenvalue weighted by atomic mass is 10.2. The molecule has 148 valence electrons. The first-order valence-electron chi connectivity index (χ1n) is 9.19. The van der Waals surface area contributed by atoms with Gasteiger partial charge in [-0.3, -0.25) is 9.59 Å². The second kappa shape index (κ2) is 9.36. The summed E-state index contributed by atoms with van der Waals surface area (Å²) in [5, 5.41) is 8.74. The number of anilines is 4. The Hall–Kier alpha value is -3.87. The second-order valence-corrected chi connectivity index (χ2v) is 6.20. The smallest absolute Gasteiger partial charge is 0.255 e. The van der Waals surface area contributed by atoms with Gasteiger partial charge in [0.05, 0.1) is 12.3 Å². The monoisotopic (exact) mass is 390 g/mol. The molecule has 0 aliphatic rings. The lowest BCUT2D eigenvalue weighted by Gasteiger charge is -2.12. The summed E-state index contributed by atoms with van der Waals surface area (Å²) in [6.07, 6.45) is 1.56. The molecule has 29 heavy (non-hydrogen) atoms. The number of rotatable bonds is 7. The van der Waals surface area contributed by atoms with Crippen molar-refractivity contribution in [3.8, 4) is 5.75 Å². The molecule has 3 aromatic rings. The average molecular weight is 390 g/mol. The molecule has 2 aromatic carbocycles. The summed E-state index contributed by atoms with van der Waals surface area (Å²) in [7, 11) is 0. The molecule has 0 spiro atoms. The molecule has 0 radical (unpaired) electrons. The van der Waals surface area contributed by atoms with Gasteiger partial charge >= 0.3 is 0 Å². The minimum atomic E-state index is -0.269. The van der Waals surface area contributed by atoms with E-state index in [1.165, 1.54) is 6.92 Å². The van der Waals surface area contributed by atoms with Gasteiger partial charge < -0.3 is 20.7 Å². The molecule has 7 heteroatoms. The van der Waals surface area contributed by atoms with Crippen LogP contribution >= 0.6 is 0 Å². The van der Waals surface area contributed by atoms with E-state index in [0.29, 0.717) is 35.1 Å². The van der Waals surface area contributed by atoms with Crippen LogP contribution in [0.3, 0.4) is 0 Å². The van der Waals surface area contributed by atoms with Gasteiger partial charge in [-0.25, -0.2) is 4.98 Å². The van der Waals surface area contributed by atoms with Gasteiger partial charge in [0.15, 0.2) is 0 Å². The number of pyridine rings is 1. The van der Waals surface area contributed by atoms with Gasteiger partial charge in [0.2, 0.25) is 5.91 Å². The van der Waals surface area contributed by atoms with Gasteiger partial charge in [0.1, 0.15) is 11.6 Å². The largest absolute Gasteiger partial charge is 0.492 e. The zero-order valence-electron chi connectivity index (χ0n) is 16.2. The zero-order chi connectivity index (χ0) is 20.6. The van der Waals surface area contributed by atoms with Crippen LogP contribution < -0.4 is 20.7 Å². The number of hydrogen-bond acceptors (Lipinski definition) is 5. The van der Waals surface area contributed by atoms with Gasteiger partial charge in [-0.15, -0.1) is 0 Å². The topological polar surface area (TPSA) is 92.3 Å². The molecule has 1 aromatic heterocycles. The number of benzene rings is 2. The number of hydrogen-bond donors (Lipinski definition) is 3. The fraction of sp³-hybridized carbons (Fsp3) is 0.136. The van der Waals surface area contributed by atoms with E-state index in [0.717, 1.165) is 5.69 Å². The van der Waals surface area contributed by atoms with Crippen molar-refractivity contribution in [2.24, 2.45) is 0 Å². The minimum Gasteiger partial charge on any atom is -0.492 e. The molecule has 0 atom stereocenters. The quantitative estimate of drug-likeness (QED) is 0.555. The summed E-state index contributed by atoms with van der Waals surface area (Å²) >= 11 is 0. The highest BCUT2D eigenvalue weighted by Crippen LogP contribution is 2.25. The van der Waals surface area contributed by atoms with Gasteiger partial charge in [0.25, 0.3) is 5.91 Å². The number of carbonyl (C=O) groups is 2. The number of carbonyl (C=O) groups excluding carboxylic acids is 2. The van der Waals surface area contributed by atoms with E-state index < -0.39 is 0 Å². The van der Waals surface area contributed by atoms with Crippen molar-refractivity contribution in [2.75, 3.05) is 22.6 Å². The number of ether oxygens (including phenoxy) is 1. The molecule has 0 saturated heterocycles. The van der Waals surface area contributed by atoms with Crippen molar-refractivity contribution < 1.29 is 14.3 Å². The molecule has 0 unspecified atom stereocenters. The van der Waals surface area contributed by atoms with Crippen LogP contribution in [0.25, 0.3) is 0 Å². The molecule has 3 N–H and O–H groups in total. The third-order valence-electron chi connectivity index (χ3n) is 3.91. The number of nitrogens with one attached hydrogen (secondary N) is 3. The van der Waals surface area contributed by atoms with Crippen LogP contribution in [0.1, 0.15) is 24.2 Å². The van der Waals surface area contributed by atoms with E-state index in [4.69, 9.17) is 4.74 Å². The van der Waals surface area contributed by atoms with E-state index in [1.807, 2.05) is 31.2 Å². The predicted molar refractivity (Wildman–Crippen MR) is 114 cm³/mol. The van der Waals surface area contributed by atoms with E-state index in [1.54, 1.807) is 42.6 Å². The second-order valence-electron chi connectivity index (χ2n) is 6.20. The lowest BCUT2D eigenvalue weighted by Crippen LogP contribution is -2.13. The first kappa shape index (κ1) is 19.9. The van der Waals surface area contributed by atoms with Crippen molar-refractivity contribution in [3.63, 3.8) is 0 Å². The molecule has 0 aliphatic heterocycles. The van der Waals surface area contributed by atoms with Crippen molar-refractivity contribution in [3.05, 3.63) is 72.4 Å². The third-order valence-corrected chi connectivity index (χ3v) is 3.91. The summed E-state index contributed by atoms with van der Waals surface area (Å²) in [5.74, 6) is 0.710. The molecule has 2 amide bonds. The Morgan fingerprint density at radius 3 is 2.55 bits per heavy atom. The average Bonchev–Trinajstić information content (AvgIpc) is 2.69. The van der Waals surface area contributed by atoms with Crippen LogP contribution in [-0.4, -0.2) is 23.4 Å². The Morgan fingerprint density at radius 2 is 1.76 bits per heavy atom. The van der Waals surface area contributed by atoms with Crippen molar-refractivity contribution in [2.45, 2.75) is 13.8 Å². The highest BCUT2D eigenvalue weighted by Gasteiger charge is 2.11. The van der Waals surface area contributed by atoms with Gasteiger partial charge in [-0.2, -0.15) is 0 Å². The molecule has 3 rings (SSSR count). The first-order chi connectivity index (χ1) is 14.0. The van der Waals surface area contributed by atoms with Crippen LogP contribution in [0, 0.1) is 0 Å². The van der Waals surface area contributed by atoms with Crippen LogP contribution in [0.15, 0.2) is 66.9 Å². The summed E-state index contributed by atoms with van der Waals surface area (Å²) in [6, 6.07) is 17.8. The Kier molecular flexibility index (Phi) is 6.42. The number of para-hydroxylation sites is 2. The molecule has 1 heterocycles. The molecule has 0 aliphatic carbocycles. The first-order valence-corrected chi connectivity index (χ1v) is 9.19. The predicted octanol–water partition coefficient (Wildman–Crippen LogP) is 4.43. The summed E-state index contributed by atoms with van der Waals surface area (Å²) in [4.78, 5) is 28.2. The van der Waals surface area contributed by atoms with Crippen molar-refractivity contribution in [1.29, 1.82) is 0 Å². The molecule has 0 fully saturated rings. The fourth-order valence-electron chi connectivity index (χ4n) is 2.71. The van der Waals surface area contributed by atoms with Gasteiger partial charge in [-0.1, -0.05) is 18.2 Å². The Balaban J connectivity index is 1.74. The number of amides is 2. The standard InChI is InChI=1S/C22H22N4O3/c1-3-29-20-10-5-4-9-19(20)26-22(28)16-11-12-23-21(13-16)25-18-8-6-7-17(14-18)24-15(2)27/h4-14H,3H2,1-2H3,(H,23,25)(H,24,27)(H,26,28). The van der Waals surface area contributed by atoms with E-state index in [2.05, 4.69) is 20.9 Å². The van der Waals surface area contributed by atoms with Crippen LogP contribution in [0.2, 0.25) is 0 Å². The van der Waals surface area contributed by atoms with E-state index >= 15 is 0 Å². The summed E-state index contributed by atoms with van der Waals surface area (Å²) in [6.45, 7) is 3.85. The summed E-state index contributed by atoms with van der Waals surface area (Å²) in [5.41, 5.74) is 2.47. The highest BCUT2D eigenvalue weighted by atomic mass is 16.5. The molecular formula is C22H22N4O3. The van der Waals surface area contributed by atoms with Crippen molar-refractivity contribution in [1.82, 2.24) is 4.98 Å². The fourth-order valence-corrected chi connectivity index (χ4v) is 2.71. The van der Waals surface area contributed by atoms with Gasteiger partial charge in [0, 0.05) is 30.1 Å². The van der Waals surface area contributed by atoms with E-state index in [9.17, 15) is 9.59 Å².